The number of azo groups is 1. The maximum atomic E-state index is 7.49. The number of ether oxygens (including phenoxy) is 1. The fourth-order valence-corrected chi connectivity index (χ4v) is 6.29. The molecule has 0 amide bonds. The summed E-state index contributed by atoms with van der Waals surface area (Å²) in [4.78, 5) is 0. The molecule has 1 N–H and O–H groups in total. The number of aryl methyl sites for hydroxylation is 2. The largest absolute Gasteiger partial charge is 0.493 e. The monoisotopic (exact) mass is 637 g/mol. The molecule has 0 radical (unpaired) electrons. The molecule has 0 saturated carbocycles. The lowest BCUT2D eigenvalue weighted by Gasteiger charge is -2.16. The molecule has 0 aliphatic heterocycles. The summed E-state index contributed by atoms with van der Waals surface area (Å²) in [5, 5.41) is 17.1. The van der Waals surface area contributed by atoms with Crippen LogP contribution in [0.25, 0.3) is 11.1 Å². The average molecular weight is 638 g/mol. The second-order valence-electron chi connectivity index (χ2n) is 13.3. The van der Waals surface area contributed by atoms with Gasteiger partial charge < -0.3 is 10.1 Å². The summed E-state index contributed by atoms with van der Waals surface area (Å²) >= 11 is 0. The number of nitrogens with zero attached hydrogens (tertiary/aromatic N) is 2. The number of hydrogen-bond donors (Lipinski definition) is 1. The molecule has 4 heteroatoms. The summed E-state index contributed by atoms with van der Waals surface area (Å²) in [7, 11) is 0. The van der Waals surface area contributed by atoms with E-state index in [1.807, 2.05) is 18.2 Å². The third-order valence-corrected chi connectivity index (χ3v) is 9.60. The van der Waals surface area contributed by atoms with Gasteiger partial charge in [0.05, 0.1) is 18.0 Å². The van der Waals surface area contributed by atoms with Crippen molar-refractivity contribution in [2.75, 3.05) is 6.61 Å². The molecule has 0 aliphatic rings. The van der Waals surface area contributed by atoms with Gasteiger partial charge in [-0.3, -0.25) is 0 Å². The molecule has 1 atom stereocenters. The van der Waals surface area contributed by atoms with Crippen molar-refractivity contribution in [2.45, 2.75) is 150 Å². The van der Waals surface area contributed by atoms with Crippen molar-refractivity contribution in [3.8, 4) is 16.9 Å². The molecule has 0 fully saturated rings. The van der Waals surface area contributed by atoms with Gasteiger partial charge in [-0.2, -0.15) is 5.11 Å². The molecule has 0 heterocycles. The fraction of sp³-hybridized carbons (Fsp3) is 0.558. The normalized spacial score (nSPS) is 12.1. The third-order valence-electron chi connectivity index (χ3n) is 9.60. The van der Waals surface area contributed by atoms with Gasteiger partial charge in [0, 0.05) is 6.21 Å². The quantitative estimate of drug-likeness (QED) is 0.0593. The lowest BCUT2D eigenvalue weighted by molar-refractivity contribution is 0.299. The molecular formula is C43H63N3O. The summed E-state index contributed by atoms with van der Waals surface area (Å²) in [6.45, 7) is 11.9. The molecule has 4 nitrogen and oxygen atoms in total. The minimum Gasteiger partial charge on any atom is -0.493 e. The van der Waals surface area contributed by atoms with Crippen LogP contribution in [0.4, 0.5) is 11.4 Å². The summed E-state index contributed by atoms with van der Waals surface area (Å²) in [6.07, 6.45) is 23.3. The van der Waals surface area contributed by atoms with Crippen LogP contribution >= 0.6 is 0 Å². The molecule has 0 saturated heterocycles. The smallest absolute Gasteiger partial charge is 0.122 e. The Labute approximate surface area is 287 Å². The summed E-state index contributed by atoms with van der Waals surface area (Å²) in [5.41, 5.74) is 8.75. The van der Waals surface area contributed by atoms with E-state index in [9.17, 15) is 0 Å². The molecule has 0 bridgehead atoms. The maximum absolute atomic E-state index is 7.49. The highest BCUT2D eigenvalue weighted by Gasteiger charge is 2.13. The molecule has 0 spiro atoms. The van der Waals surface area contributed by atoms with Crippen molar-refractivity contribution in [1.29, 1.82) is 5.41 Å². The Morgan fingerprint density at radius 3 is 1.70 bits per heavy atom. The zero-order valence-corrected chi connectivity index (χ0v) is 30.4. The van der Waals surface area contributed by atoms with E-state index in [-0.39, 0.29) is 0 Å². The van der Waals surface area contributed by atoms with Crippen molar-refractivity contribution in [3.63, 3.8) is 0 Å². The van der Waals surface area contributed by atoms with E-state index >= 15 is 0 Å². The van der Waals surface area contributed by atoms with Crippen molar-refractivity contribution >= 4 is 17.6 Å². The lowest BCUT2D eigenvalue weighted by atomic mass is 9.95. The average Bonchev–Trinajstić information content (AvgIpc) is 3.11. The number of unbranched alkanes of at least 4 members (excludes halogenated alkanes) is 13. The van der Waals surface area contributed by atoms with Crippen molar-refractivity contribution < 1.29 is 4.74 Å². The first-order valence-electron chi connectivity index (χ1n) is 19.0. The second-order valence-corrected chi connectivity index (χ2v) is 13.3. The predicted molar refractivity (Wildman–Crippen MR) is 204 cm³/mol. The van der Waals surface area contributed by atoms with E-state index in [4.69, 9.17) is 20.4 Å². The zero-order valence-electron chi connectivity index (χ0n) is 30.4. The third kappa shape index (κ3) is 13.0. The molecular weight excluding hydrogens is 574 g/mol. The van der Waals surface area contributed by atoms with E-state index in [1.54, 1.807) is 0 Å². The molecule has 3 rings (SSSR count). The number of benzene rings is 3. The van der Waals surface area contributed by atoms with Gasteiger partial charge >= 0.3 is 0 Å². The van der Waals surface area contributed by atoms with Crippen LogP contribution in [0.5, 0.6) is 5.75 Å². The molecule has 0 aromatic heterocycles. The first-order chi connectivity index (χ1) is 23.0. The van der Waals surface area contributed by atoms with Crippen molar-refractivity contribution in [2.24, 2.45) is 10.2 Å². The van der Waals surface area contributed by atoms with Crippen LogP contribution in [-0.4, -0.2) is 12.8 Å². The Hall–Kier alpha value is -3.27. The molecule has 0 aliphatic carbocycles. The van der Waals surface area contributed by atoms with Gasteiger partial charge in [-0.1, -0.05) is 142 Å². The Morgan fingerprint density at radius 1 is 0.638 bits per heavy atom. The summed E-state index contributed by atoms with van der Waals surface area (Å²) in [5.74, 6) is 1.39. The standard InChI is InChI=1S/C43H63N3O/c1-6-10-11-12-13-14-15-16-17-18-19-20-21-22-29-47-42-28-27-40(32-41(42)34(5)7-2)45-46-43-36(8-3)30-39(31-37(43)9-4)38-25-23-35(33-44)24-26-38/h23-28,30-34,44H,6-22,29H2,1-5H3. The van der Waals surface area contributed by atoms with Gasteiger partial charge in [-0.05, 0) is 95.3 Å². The topological polar surface area (TPSA) is 57.8 Å². The van der Waals surface area contributed by atoms with Gasteiger partial charge in [-0.15, -0.1) is 5.11 Å². The lowest BCUT2D eigenvalue weighted by Crippen LogP contribution is -2.02. The van der Waals surface area contributed by atoms with Gasteiger partial charge in [0.15, 0.2) is 0 Å². The van der Waals surface area contributed by atoms with Crippen molar-refractivity contribution in [3.05, 3.63) is 76.9 Å². The Balaban J connectivity index is 1.52. The first kappa shape index (κ1) is 38.2. The first-order valence-corrected chi connectivity index (χ1v) is 19.0. The molecule has 3 aromatic carbocycles. The Morgan fingerprint density at radius 2 is 1.19 bits per heavy atom. The second kappa shape index (κ2) is 22.3. The van der Waals surface area contributed by atoms with Crippen LogP contribution in [0.2, 0.25) is 0 Å². The predicted octanol–water partition coefficient (Wildman–Crippen LogP) is 14.3. The number of rotatable bonds is 24. The van der Waals surface area contributed by atoms with Crippen LogP contribution in [0, 0.1) is 5.41 Å². The SMILES string of the molecule is CCCCCCCCCCCCCCCCOc1ccc(N=Nc2c(CC)cc(-c3ccc(C=N)cc3)cc2CC)cc1C(C)CC. The Kier molecular flexibility index (Phi) is 18.1. The molecule has 1 unspecified atom stereocenters. The van der Waals surface area contributed by atoms with Gasteiger partial charge in [0.1, 0.15) is 5.75 Å². The van der Waals surface area contributed by atoms with E-state index < -0.39 is 0 Å². The minimum atomic E-state index is 0.396. The zero-order chi connectivity index (χ0) is 33.7. The maximum Gasteiger partial charge on any atom is 0.122 e. The Bertz CT molecular complexity index is 1320. The number of nitrogens with one attached hydrogen (secondary N) is 1. The highest BCUT2D eigenvalue weighted by Crippen LogP contribution is 2.36. The van der Waals surface area contributed by atoms with Gasteiger partial charge in [0.25, 0.3) is 0 Å². The van der Waals surface area contributed by atoms with Crippen molar-refractivity contribution in [1.82, 2.24) is 0 Å². The highest BCUT2D eigenvalue weighted by molar-refractivity contribution is 5.79. The minimum absolute atomic E-state index is 0.396. The van der Waals surface area contributed by atoms with Gasteiger partial charge in [-0.25, -0.2) is 0 Å². The van der Waals surface area contributed by atoms with E-state index in [0.29, 0.717) is 5.92 Å². The van der Waals surface area contributed by atoms with Crippen LogP contribution in [0.1, 0.15) is 159 Å². The fourth-order valence-electron chi connectivity index (χ4n) is 6.29. The van der Waals surface area contributed by atoms with E-state index in [1.165, 1.54) is 112 Å². The summed E-state index contributed by atoms with van der Waals surface area (Å²) < 4.78 is 6.34. The molecule has 3 aromatic rings. The van der Waals surface area contributed by atoms with Gasteiger partial charge in [0.2, 0.25) is 0 Å². The van der Waals surface area contributed by atoms with E-state index in [2.05, 4.69) is 71.0 Å². The number of hydrogen-bond acceptors (Lipinski definition) is 4. The van der Waals surface area contributed by atoms with Crippen LogP contribution in [0.15, 0.2) is 64.8 Å². The summed E-state index contributed by atoms with van der Waals surface area (Å²) in [6, 6.07) is 19.0. The van der Waals surface area contributed by atoms with Crippen LogP contribution in [-0.2, 0) is 12.8 Å². The van der Waals surface area contributed by atoms with E-state index in [0.717, 1.165) is 60.5 Å². The van der Waals surface area contributed by atoms with Crippen LogP contribution in [0.3, 0.4) is 0 Å². The molecule has 256 valence electrons. The highest BCUT2D eigenvalue weighted by atomic mass is 16.5. The van der Waals surface area contributed by atoms with Crippen LogP contribution < -0.4 is 4.74 Å². The molecule has 47 heavy (non-hydrogen) atoms.